The van der Waals surface area contributed by atoms with Crippen molar-refractivity contribution >= 4 is 40.2 Å². The molecule has 1 saturated carbocycles. The summed E-state index contributed by atoms with van der Waals surface area (Å²) in [4.78, 5) is 4.78. The molecule has 1 aromatic heterocycles. The normalized spacial score (nSPS) is 20.4. The summed E-state index contributed by atoms with van der Waals surface area (Å²) in [6.07, 6.45) is 3.37. The third kappa shape index (κ3) is 3.54. The number of aliphatic hydroxyl groups is 1. The predicted molar refractivity (Wildman–Crippen MR) is 107 cm³/mol. The van der Waals surface area contributed by atoms with E-state index in [1.54, 1.807) is 0 Å². The molecule has 0 amide bonds. The second kappa shape index (κ2) is 7.47. The number of imidazole rings is 1. The minimum absolute atomic E-state index is 0.172. The molecule has 0 spiro atoms. The Balaban J connectivity index is 1.70. The molecule has 6 heteroatoms. The Hall–Kier alpha value is -1.75. The Bertz CT molecular complexity index is 896. The van der Waals surface area contributed by atoms with E-state index < -0.39 is 0 Å². The van der Waals surface area contributed by atoms with Gasteiger partial charge in [0.2, 0.25) is 5.95 Å². The van der Waals surface area contributed by atoms with Gasteiger partial charge in [0.15, 0.2) is 0 Å². The van der Waals surface area contributed by atoms with Gasteiger partial charge in [-0.25, -0.2) is 4.98 Å². The van der Waals surface area contributed by atoms with Gasteiger partial charge >= 0.3 is 0 Å². The minimum Gasteiger partial charge on any atom is -0.393 e. The molecule has 3 aromatic rings. The highest BCUT2D eigenvalue weighted by molar-refractivity contribution is 6.36. The molecule has 0 bridgehead atoms. The third-order valence-corrected chi connectivity index (χ3v) is 5.77. The van der Waals surface area contributed by atoms with E-state index in [0.29, 0.717) is 22.6 Å². The number of aromatic nitrogens is 2. The molecule has 1 heterocycles. The minimum atomic E-state index is -0.172. The molecular formula is C20H21Cl2N3O. The largest absolute Gasteiger partial charge is 0.393 e. The van der Waals surface area contributed by atoms with Crippen molar-refractivity contribution in [3.8, 4) is 0 Å². The highest BCUT2D eigenvalue weighted by atomic mass is 35.5. The molecule has 0 unspecified atom stereocenters. The van der Waals surface area contributed by atoms with Crippen LogP contribution in [0.25, 0.3) is 11.0 Å². The zero-order chi connectivity index (χ0) is 18.1. The number of para-hydroxylation sites is 2. The summed E-state index contributed by atoms with van der Waals surface area (Å²) in [6.45, 7) is 0.552. The van der Waals surface area contributed by atoms with Gasteiger partial charge in [0.1, 0.15) is 0 Å². The number of rotatable bonds is 4. The van der Waals surface area contributed by atoms with Crippen molar-refractivity contribution in [1.29, 1.82) is 0 Å². The van der Waals surface area contributed by atoms with Gasteiger partial charge in [-0.1, -0.05) is 41.4 Å². The Morgan fingerprint density at radius 1 is 1.00 bits per heavy atom. The van der Waals surface area contributed by atoms with Gasteiger partial charge in [0.25, 0.3) is 0 Å². The van der Waals surface area contributed by atoms with Gasteiger partial charge in [-0.3, -0.25) is 0 Å². The maximum Gasteiger partial charge on any atom is 0.204 e. The van der Waals surface area contributed by atoms with E-state index in [1.807, 2.05) is 36.4 Å². The molecule has 136 valence electrons. The van der Waals surface area contributed by atoms with Crippen LogP contribution >= 0.6 is 23.2 Å². The fourth-order valence-electron chi connectivity index (χ4n) is 3.59. The number of benzene rings is 2. The maximum absolute atomic E-state index is 9.74. The fourth-order valence-corrected chi connectivity index (χ4v) is 4.11. The first-order chi connectivity index (χ1) is 12.6. The van der Waals surface area contributed by atoms with Crippen molar-refractivity contribution in [3.05, 3.63) is 58.1 Å². The first kappa shape index (κ1) is 17.7. The molecule has 0 radical (unpaired) electrons. The molecule has 2 N–H and O–H groups in total. The van der Waals surface area contributed by atoms with E-state index in [-0.39, 0.29) is 6.10 Å². The van der Waals surface area contributed by atoms with Gasteiger partial charge in [0.05, 0.1) is 23.7 Å². The lowest BCUT2D eigenvalue weighted by Crippen LogP contribution is -2.29. The van der Waals surface area contributed by atoms with E-state index in [2.05, 4.69) is 16.0 Å². The van der Waals surface area contributed by atoms with Crippen molar-refractivity contribution in [2.45, 2.75) is 44.4 Å². The highest BCUT2D eigenvalue weighted by Gasteiger charge is 2.22. The van der Waals surface area contributed by atoms with Crippen LogP contribution in [-0.4, -0.2) is 26.8 Å². The summed E-state index contributed by atoms with van der Waals surface area (Å²) in [5, 5.41) is 14.6. The lowest BCUT2D eigenvalue weighted by atomic mass is 9.93. The van der Waals surface area contributed by atoms with Gasteiger partial charge in [0, 0.05) is 21.7 Å². The Morgan fingerprint density at radius 3 is 2.42 bits per heavy atom. The highest BCUT2D eigenvalue weighted by Crippen LogP contribution is 2.30. The fraction of sp³-hybridized carbons (Fsp3) is 0.350. The molecule has 1 fully saturated rings. The number of fused-ring (bicyclic) bond motifs is 1. The second-order valence-corrected chi connectivity index (χ2v) is 7.67. The van der Waals surface area contributed by atoms with Crippen LogP contribution in [0.5, 0.6) is 0 Å². The lowest BCUT2D eigenvalue weighted by molar-refractivity contribution is 0.126. The van der Waals surface area contributed by atoms with Crippen LogP contribution in [0.1, 0.15) is 31.2 Å². The maximum atomic E-state index is 9.74. The van der Waals surface area contributed by atoms with E-state index >= 15 is 0 Å². The van der Waals surface area contributed by atoms with Crippen molar-refractivity contribution in [1.82, 2.24) is 9.55 Å². The molecule has 4 nitrogen and oxygen atoms in total. The molecule has 1 aliphatic carbocycles. The SMILES string of the molecule is OC1CCC(Nc2nc3ccccc3n2Cc2c(Cl)cccc2Cl)CC1. The van der Waals surface area contributed by atoms with Crippen LogP contribution in [0.15, 0.2) is 42.5 Å². The summed E-state index contributed by atoms with van der Waals surface area (Å²) in [5.74, 6) is 0.823. The van der Waals surface area contributed by atoms with Gasteiger partial charge < -0.3 is 15.0 Å². The number of nitrogens with zero attached hydrogens (tertiary/aromatic N) is 2. The first-order valence-corrected chi connectivity index (χ1v) is 9.70. The average molecular weight is 390 g/mol. The molecule has 0 saturated heterocycles. The topological polar surface area (TPSA) is 50.1 Å². The molecule has 1 aliphatic rings. The summed E-state index contributed by atoms with van der Waals surface area (Å²) in [7, 11) is 0. The number of aliphatic hydroxyl groups excluding tert-OH is 1. The van der Waals surface area contributed by atoms with Crippen LogP contribution < -0.4 is 5.32 Å². The molecule has 2 aromatic carbocycles. The van der Waals surface area contributed by atoms with E-state index in [4.69, 9.17) is 28.2 Å². The van der Waals surface area contributed by atoms with Crippen molar-refractivity contribution in [3.63, 3.8) is 0 Å². The van der Waals surface area contributed by atoms with Gasteiger partial charge in [-0.05, 0) is 49.9 Å². The number of halogens is 2. The Morgan fingerprint density at radius 2 is 1.69 bits per heavy atom. The van der Waals surface area contributed by atoms with E-state index in [9.17, 15) is 5.11 Å². The first-order valence-electron chi connectivity index (χ1n) is 8.94. The average Bonchev–Trinajstić information content (AvgIpc) is 2.97. The van der Waals surface area contributed by atoms with E-state index in [1.165, 1.54) is 0 Å². The standard InChI is InChI=1S/C20H21Cl2N3O/c21-16-4-3-5-17(22)15(16)12-25-19-7-2-1-6-18(19)24-20(25)23-13-8-10-14(26)11-9-13/h1-7,13-14,26H,8-12H2,(H,23,24). The van der Waals surface area contributed by atoms with Crippen molar-refractivity contribution < 1.29 is 5.11 Å². The van der Waals surface area contributed by atoms with Crippen LogP contribution in [0.3, 0.4) is 0 Å². The molecule has 26 heavy (non-hydrogen) atoms. The number of hydrogen-bond donors (Lipinski definition) is 2. The van der Waals surface area contributed by atoms with Crippen molar-refractivity contribution in [2.75, 3.05) is 5.32 Å². The number of anilines is 1. The van der Waals surface area contributed by atoms with E-state index in [0.717, 1.165) is 48.2 Å². The zero-order valence-electron chi connectivity index (χ0n) is 14.3. The summed E-state index contributed by atoms with van der Waals surface area (Å²) in [5.41, 5.74) is 2.87. The Kier molecular flexibility index (Phi) is 5.07. The van der Waals surface area contributed by atoms with Crippen LogP contribution in [0, 0.1) is 0 Å². The van der Waals surface area contributed by atoms with Crippen LogP contribution in [-0.2, 0) is 6.54 Å². The van der Waals surface area contributed by atoms with Gasteiger partial charge in [-0.15, -0.1) is 0 Å². The predicted octanol–water partition coefficient (Wildman–Crippen LogP) is 5.11. The summed E-state index contributed by atoms with van der Waals surface area (Å²) in [6, 6.07) is 14.0. The summed E-state index contributed by atoms with van der Waals surface area (Å²) < 4.78 is 2.13. The molecule has 0 aliphatic heterocycles. The number of nitrogens with one attached hydrogen (secondary N) is 1. The Labute approximate surface area is 162 Å². The smallest absolute Gasteiger partial charge is 0.204 e. The lowest BCUT2D eigenvalue weighted by Gasteiger charge is -2.27. The quantitative estimate of drug-likeness (QED) is 0.651. The number of hydrogen-bond acceptors (Lipinski definition) is 3. The van der Waals surface area contributed by atoms with Crippen LogP contribution in [0.2, 0.25) is 10.0 Å². The third-order valence-electron chi connectivity index (χ3n) is 5.06. The second-order valence-electron chi connectivity index (χ2n) is 6.86. The molecular weight excluding hydrogens is 369 g/mol. The van der Waals surface area contributed by atoms with Crippen LogP contribution in [0.4, 0.5) is 5.95 Å². The van der Waals surface area contributed by atoms with Crippen molar-refractivity contribution in [2.24, 2.45) is 0 Å². The molecule has 4 rings (SSSR count). The monoisotopic (exact) mass is 389 g/mol. The summed E-state index contributed by atoms with van der Waals surface area (Å²) >= 11 is 12.8. The molecule has 0 atom stereocenters. The zero-order valence-corrected chi connectivity index (χ0v) is 15.8. The van der Waals surface area contributed by atoms with Gasteiger partial charge in [-0.2, -0.15) is 0 Å².